The molecule has 0 bridgehead atoms. The van der Waals surface area contributed by atoms with Crippen molar-refractivity contribution in [2.45, 2.75) is 64.6 Å². The summed E-state index contributed by atoms with van der Waals surface area (Å²) in [5.41, 5.74) is -0.406. The van der Waals surface area contributed by atoms with Gasteiger partial charge in [-0.05, 0) is 24.5 Å². The van der Waals surface area contributed by atoms with Crippen LogP contribution in [-0.4, -0.2) is 43.9 Å². The van der Waals surface area contributed by atoms with Gasteiger partial charge in [0.05, 0.1) is 25.0 Å². The molecule has 0 spiro atoms. The lowest BCUT2D eigenvalue weighted by Crippen LogP contribution is -2.49. The Kier molecular flexibility index (Phi) is 7.83. The van der Waals surface area contributed by atoms with Crippen molar-refractivity contribution in [1.29, 1.82) is 0 Å². The molecule has 3 rings (SSSR count). The van der Waals surface area contributed by atoms with Crippen LogP contribution < -0.4 is 5.32 Å². The van der Waals surface area contributed by atoms with Crippen LogP contribution in [0, 0.1) is 11.3 Å². The molecule has 32 heavy (non-hydrogen) atoms. The van der Waals surface area contributed by atoms with E-state index in [0.717, 1.165) is 18.4 Å². The lowest BCUT2D eigenvalue weighted by molar-refractivity contribution is -0.185. The van der Waals surface area contributed by atoms with Crippen molar-refractivity contribution in [3.8, 4) is 0 Å². The zero-order valence-corrected chi connectivity index (χ0v) is 19.7. The quantitative estimate of drug-likeness (QED) is 0.452. The van der Waals surface area contributed by atoms with Gasteiger partial charge in [-0.1, -0.05) is 57.0 Å². The van der Waals surface area contributed by atoms with Crippen LogP contribution in [0.4, 0.5) is 4.79 Å². The summed E-state index contributed by atoms with van der Waals surface area (Å²) in [5.74, 6) is -0.610. The first-order valence-corrected chi connectivity index (χ1v) is 11.5. The zero-order chi connectivity index (χ0) is 23.4. The van der Waals surface area contributed by atoms with Crippen molar-refractivity contribution in [2.24, 2.45) is 11.3 Å². The van der Waals surface area contributed by atoms with Gasteiger partial charge in [0, 0.05) is 29.3 Å². The Bertz CT molecular complexity index is 853. The number of ether oxygens (including phenoxy) is 3. The summed E-state index contributed by atoms with van der Waals surface area (Å²) in [6.07, 6.45) is 1.17. The van der Waals surface area contributed by atoms with Crippen molar-refractivity contribution in [3.05, 3.63) is 34.9 Å². The zero-order valence-electron chi connectivity index (χ0n) is 18.9. The molecule has 0 aromatic heterocycles. The molecular weight excluding hydrogens is 434 g/mol. The van der Waals surface area contributed by atoms with E-state index in [0.29, 0.717) is 31.1 Å². The molecular formula is C24H32ClNO6. The maximum absolute atomic E-state index is 13.0. The Morgan fingerprint density at radius 2 is 1.91 bits per heavy atom. The van der Waals surface area contributed by atoms with E-state index in [-0.39, 0.29) is 30.1 Å². The van der Waals surface area contributed by atoms with Gasteiger partial charge in [-0.25, -0.2) is 4.79 Å². The molecule has 2 atom stereocenters. The molecule has 1 aromatic rings. The Morgan fingerprint density at radius 1 is 1.19 bits per heavy atom. The summed E-state index contributed by atoms with van der Waals surface area (Å²) in [6.45, 7) is 6.64. The first-order valence-electron chi connectivity index (χ1n) is 11.2. The second kappa shape index (κ2) is 10.2. The minimum absolute atomic E-state index is 0.0555. The van der Waals surface area contributed by atoms with E-state index < -0.39 is 23.8 Å². The third-order valence-corrected chi connectivity index (χ3v) is 6.53. The highest BCUT2D eigenvalue weighted by molar-refractivity contribution is 6.31. The molecule has 1 aromatic carbocycles. The standard InChI is InChI=1S/C24H32ClNO6/c1-16(2)21(31-20(28)12-23(3)14-30-15-23)32-22(29)26-13-24(11-7-6-10-19(24)27)17-8-4-5-9-18(17)25/h4-5,8-9,16,21H,6-7,10-15H2,1-3H3,(H,26,29)/t21?,24-/m1/s1. The van der Waals surface area contributed by atoms with Crippen LogP contribution in [0.15, 0.2) is 24.3 Å². The molecule has 0 radical (unpaired) electrons. The largest absolute Gasteiger partial charge is 0.425 e. The Balaban J connectivity index is 1.64. The van der Waals surface area contributed by atoms with Gasteiger partial charge in [0.25, 0.3) is 6.29 Å². The highest BCUT2D eigenvalue weighted by Crippen LogP contribution is 2.39. The van der Waals surface area contributed by atoms with Crippen LogP contribution in [-0.2, 0) is 29.2 Å². The van der Waals surface area contributed by atoms with Gasteiger partial charge in [-0.2, -0.15) is 0 Å². The maximum atomic E-state index is 13.0. The summed E-state index contributed by atoms with van der Waals surface area (Å²) in [7, 11) is 0. The van der Waals surface area contributed by atoms with Crippen LogP contribution >= 0.6 is 11.6 Å². The molecule has 176 valence electrons. The fraction of sp³-hybridized carbons (Fsp3) is 0.625. The molecule has 1 unspecified atom stereocenters. The third kappa shape index (κ3) is 5.62. The predicted molar refractivity (Wildman–Crippen MR) is 119 cm³/mol. The van der Waals surface area contributed by atoms with Crippen molar-refractivity contribution in [2.75, 3.05) is 19.8 Å². The number of Topliss-reactive ketones (excluding diaryl/α,β-unsaturated/α-hetero) is 1. The molecule has 1 heterocycles. The van der Waals surface area contributed by atoms with Gasteiger partial charge in [0.15, 0.2) is 0 Å². The summed E-state index contributed by atoms with van der Waals surface area (Å²) < 4.78 is 16.0. The SMILES string of the molecule is CC(C)C(OC(=O)CC1(C)COC1)OC(=O)NC[C@@]1(c2ccccc2Cl)CCCCC1=O. The van der Waals surface area contributed by atoms with Crippen molar-refractivity contribution in [3.63, 3.8) is 0 Å². The van der Waals surface area contributed by atoms with Gasteiger partial charge in [-0.3, -0.25) is 9.59 Å². The number of rotatable bonds is 8. The Hall–Kier alpha value is -2.12. The topological polar surface area (TPSA) is 90.9 Å². The lowest BCUT2D eigenvalue weighted by atomic mass is 9.68. The molecule has 1 aliphatic heterocycles. The monoisotopic (exact) mass is 465 g/mol. The number of carbonyl (C=O) groups excluding carboxylic acids is 3. The summed E-state index contributed by atoms with van der Waals surface area (Å²) in [4.78, 5) is 37.9. The van der Waals surface area contributed by atoms with Crippen molar-refractivity contribution in [1.82, 2.24) is 5.32 Å². The molecule has 1 saturated heterocycles. The molecule has 7 nitrogen and oxygen atoms in total. The molecule has 1 aliphatic carbocycles. The van der Waals surface area contributed by atoms with Gasteiger partial charge in [0.1, 0.15) is 5.78 Å². The fourth-order valence-corrected chi connectivity index (χ4v) is 4.56. The number of ketones is 1. The van der Waals surface area contributed by atoms with E-state index >= 15 is 0 Å². The minimum atomic E-state index is -1.02. The average Bonchev–Trinajstić information content (AvgIpc) is 2.72. The second-order valence-corrected chi connectivity index (χ2v) is 9.94. The van der Waals surface area contributed by atoms with E-state index in [9.17, 15) is 14.4 Å². The first-order chi connectivity index (χ1) is 15.2. The minimum Gasteiger partial charge on any atom is -0.425 e. The van der Waals surface area contributed by atoms with E-state index in [1.54, 1.807) is 19.9 Å². The number of alkyl carbamates (subject to hydrolysis) is 1. The highest BCUT2D eigenvalue weighted by atomic mass is 35.5. The second-order valence-electron chi connectivity index (χ2n) is 9.53. The molecule has 2 fully saturated rings. The molecule has 1 N–H and O–H groups in total. The van der Waals surface area contributed by atoms with Crippen LogP contribution in [0.3, 0.4) is 0 Å². The number of amides is 1. The van der Waals surface area contributed by atoms with E-state index in [1.165, 1.54) is 0 Å². The third-order valence-electron chi connectivity index (χ3n) is 6.20. The first kappa shape index (κ1) is 24.5. The van der Waals surface area contributed by atoms with E-state index in [2.05, 4.69) is 5.32 Å². The maximum Gasteiger partial charge on any atom is 0.410 e. The normalized spacial score (nSPS) is 23.2. The number of nitrogens with one attached hydrogen (secondary N) is 1. The Labute approximate surface area is 194 Å². The number of benzene rings is 1. The number of halogens is 1. The number of hydrogen-bond acceptors (Lipinski definition) is 6. The number of carbonyl (C=O) groups is 3. The lowest BCUT2D eigenvalue weighted by Gasteiger charge is -2.37. The average molecular weight is 466 g/mol. The molecule has 1 amide bonds. The summed E-state index contributed by atoms with van der Waals surface area (Å²) >= 11 is 6.42. The van der Waals surface area contributed by atoms with Gasteiger partial charge in [-0.15, -0.1) is 0 Å². The van der Waals surface area contributed by atoms with E-state index in [1.807, 2.05) is 25.1 Å². The molecule has 8 heteroatoms. The summed E-state index contributed by atoms with van der Waals surface area (Å²) in [5, 5.41) is 3.23. The van der Waals surface area contributed by atoms with Crippen LogP contribution in [0.5, 0.6) is 0 Å². The smallest absolute Gasteiger partial charge is 0.410 e. The van der Waals surface area contributed by atoms with Crippen molar-refractivity contribution < 1.29 is 28.6 Å². The molecule has 2 aliphatic rings. The Morgan fingerprint density at radius 3 is 2.50 bits per heavy atom. The van der Waals surface area contributed by atoms with Crippen molar-refractivity contribution >= 4 is 29.4 Å². The fourth-order valence-electron chi connectivity index (χ4n) is 4.25. The highest BCUT2D eigenvalue weighted by Gasteiger charge is 2.43. The number of hydrogen-bond donors (Lipinski definition) is 1. The van der Waals surface area contributed by atoms with Gasteiger partial charge < -0.3 is 19.5 Å². The van der Waals surface area contributed by atoms with Crippen LogP contribution in [0.25, 0.3) is 0 Å². The van der Waals surface area contributed by atoms with E-state index in [4.69, 9.17) is 25.8 Å². The number of esters is 1. The van der Waals surface area contributed by atoms with Gasteiger partial charge in [0.2, 0.25) is 0 Å². The van der Waals surface area contributed by atoms with Crippen LogP contribution in [0.2, 0.25) is 5.02 Å². The predicted octanol–water partition coefficient (Wildman–Crippen LogP) is 4.40. The summed E-state index contributed by atoms with van der Waals surface area (Å²) in [6, 6.07) is 7.24. The van der Waals surface area contributed by atoms with Crippen LogP contribution in [0.1, 0.15) is 58.4 Å². The molecule has 1 saturated carbocycles. The van der Waals surface area contributed by atoms with Gasteiger partial charge >= 0.3 is 12.1 Å².